The highest BCUT2D eigenvalue weighted by molar-refractivity contribution is 7.23. The van der Waals surface area contributed by atoms with Crippen molar-refractivity contribution in [1.29, 1.82) is 0 Å². The number of methoxy groups -OCH3 is 1. The summed E-state index contributed by atoms with van der Waals surface area (Å²) in [5.41, 5.74) is 4.74. The molecule has 3 atom stereocenters. The standard InChI is InChI=1S/C37H49N5O4SSi/c1-23-21-42(22-24(2)35(23)46-48(8,9)37(4,5)6)30-14-15-38-19-27(30)16-31(44)33-34-32(17-28(20-39-34)41-25(3)43)47-36(33)40-18-26-10-12-29(45-7)13-11-26/h10-15,17,19-20,23-24,35,40H,16,18,21-22H2,1-9H3,(H,41,43)/t23-,24+,35?. The average molecular weight is 688 g/mol. The molecular formula is C37H49N5O4SSi. The van der Waals surface area contributed by atoms with Crippen LogP contribution in [0, 0.1) is 11.8 Å². The lowest BCUT2D eigenvalue weighted by atomic mass is 9.87. The van der Waals surface area contributed by atoms with Crippen molar-refractivity contribution < 1.29 is 18.8 Å². The molecule has 1 fully saturated rings. The fourth-order valence-electron chi connectivity index (χ4n) is 6.17. The van der Waals surface area contributed by atoms with E-state index in [1.807, 2.05) is 48.8 Å². The van der Waals surface area contributed by atoms with Gasteiger partial charge in [0.25, 0.3) is 0 Å². The third-order valence-corrected chi connectivity index (χ3v) is 15.2. The van der Waals surface area contributed by atoms with Crippen LogP contribution in [0.15, 0.2) is 55.0 Å². The second-order valence-electron chi connectivity index (χ2n) is 14.6. The molecule has 1 amide bonds. The van der Waals surface area contributed by atoms with Gasteiger partial charge in [0.15, 0.2) is 14.1 Å². The van der Waals surface area contributed by atoms with Crippen LogP contribution in [0.3, 0.4) is 0 Å². The molecule has 1 aliphatic rings. The zero-order chi connectivity index (χ0) is 34.8. The number of benzene rings is 1. The molecule has 1 aromatic carbocycles. The molecule has 256 valence electrons. The SMILES string of the molecule is COc1ccc(CNc2sc3cc(NC(C)=O)cnc3c2C(=O)Cc2cnccc2N2C[C@@H](C)C(O[Si](C)(C)C(C)(C)C)[C@@H](C)C2)cc1. The Morgan fingerprint density at radius 3 is 2.38 bits per heavy atom. The maximum absolute atomic E-state index is 14.3. The molecule has 11 heteroatoms. The second-order valence-corrected chi connectivity index (χ2v) is 20.4. The van der Waals surface area contributed by atoms with Gasteiger partial charge in [-0.2, -0.15) is 0 Å². The number of carbonyl (C=O) groups is 2. The smallest absolute Gasteiger partial charge is 0.221 e. The predicted molar refractivity (Wildman–Crippen MR) is 199 cm³/mol. The van der Waals surface area contributed by atoms with E-state index >= 15 is 0 Å². The number of nitrogens with one attached hydrogen (secondary N) is 2. The Labute approximate surface area is 289 Å². The molecule has 0 spiro atoms. The fourth-order valence-corrected chi connectivity index (χ4v) is 8.78. The molecule has 0 bridgehead atoms. The van der Waals surface area contributed by atoms with Crippen molar-refractivity contribution in [3.63, 3.8) is 0 Å². The van der Waals surface area contributed by atoms with Crippen molar-refractivity contribution >= 4 is 57.9 Å². The monoisotopic (exact) mass is 687 g/mol. The number of amides is 1. The topological polar surface area (TPSA) is 106 Å². The first-order valence-electron chi connectivity index (χ1n) is 16.6. The minimum absolute atomic E-state index is 0.0373. The number of piperidine rings is 1. The largest absolute Gasteiger partial charge is 0.497 e. The number of anilines is 3. The lowest BCUT2D eigenvalue weighted by Gasteiger charge is -2.48. The van der Waals surface area contributed by atoms with Crippen LogP contribution >= 0.6 is 11.3 Å². The number of ether oxygens (including phenoxy) is 1. The number of carbonyl (C=O) groups excluding carboxylic acids is 2. The van der Waals surface area contributed by atoms with E-state index in [4.69, 9.17) is 9.16 Å². The summed E-state index contributed by atoms with van der Waals surface area (Å²) in [6.45, 7) is 19.8. The van der Waals surface area contributed by atoms with E-state index in [9.17, 15) is 9.59 Å². The molecule has 0 aliphatic carbocycles. The van der Waals surface area contributed by atoms with Gasteiger partial charge in [0.2, 0.25) is 5.91 Å². The number of hydrogen-bond donors (Lipinski definition) is 2. The Kier molecular flexibility index (Phi) is 10.6. The molecule has 5 rings (SSSR count). The van der Waals surface area contributed by atoms with Crippen molar-refractivity contribution in [3.8, 4) is 5.75 Å². The molecule has 1 aliphatic heterocycles. The maximum Gasteiger partial charge on any atom is 0.221 e. The van der Waals surface area contributed by atoms with Crippen molar-refractivity contribution in [1.82, 2.24) is 9.97 Å². The molecule has 4 aromatic rings. The first kappa shape index (κ1) is 35.5. The van der Waals surface area contributed by atoms with E-state index < -0.39 is 8.32 Å². The Bertz CT molecular complexity index is 1760. The number of aromatic nitrogens is 2. The van der Waals surface area contributed by atoms with Crippen LogP contribution in [0.2, 0.25) is 18.1 Å². The summed E-state index contributed by atoms with van der Waals surface area (Å²) in [6, 6.07) is 11.7. The number of Topliss-reactive ketones (excluding diaryl/α,β-unsaturated/α-hetero) is 1. The van der Waals surface area contributed by atoms with Gasteiger partial charge in [0.1, 0.15) is 10.8 Å². The van der Waals surface area contributed by atoms with Crippen molar-refractivity contribution in [2.75, 3.05) is 35.7 Å². The summed E-state index contributed by atoms with van der Waals surface area (Å²) in [5, 5.41) is 7.20. The van der Waals surface area contributed by atoms with Crippen LogP contribution in [0.4, 0.5) is 16.4 Å². The van der Waals surface area contributed by atoms with Gasteiger partial charge in [-0.15, -0.1) is 11.3 Å². The quantitative estimate of drug-likeness (QED) is 0.120. The van der Waals surface area contributed by atoms with Gasteiger partial charge in [-0.3, -0.25) is 19.6 Å². The van der Waals surface area contributed by atoms with Gasteiger partial charge >= 0.3 is 0 Å². The normalized spacial score (nSPS) is 18.5. The number of nitrogens with zero attached hydrogens (tertiary/aromatic N) is 3. The molecule has 4 heterocycles. The van der Waals surface area contributed by atoms with Gasteiger partial charge in [0, 0.05) is 56.6 Å². The lowest BCUT2D eigenvalue weighted by molar-refractivity contribution is -0.114. The molecule has 3 aromatic heterocycles. The predicted octanol–water partition coefficient (Wildman–Crippen LogP) is 8.18. The summed E-state index contributed by atoms with van der Waals surface area (Å²) < 4.78 is 13.1. The second kappa shape index (κ2) is 14.4. The molecule has 0 saturated carbocycles. The first-order chi connectivity index (χ1) is 22.7. The van der Waals surface area contributed by atoms with Gasteiger partial charge in [-0.1, -0.05) is 46.8 Å². The van der Waals surface area contributed by atoms with Crippen LogP contribution in [0.25, 0.3) is 10.2 Å². The van der Waals surface area contributed by atoms with Crippen LogP contribution in [-0.4, -0.2) is 56.3 Å². The van der Waals surface area contributed by atoms with E-state index in [1.54, 1.807) is 13.3 Å². The first-order valence-corrected chi connectivity index (χ1v) is 20.3. The van der Waals surface area contributed by atoms with E-state index in [0.717, 1.165) is 45.4 Å². The number of hydrogen-bond acceptors (Lipinski definition) is 9. The number of pyridine rings is 2. The molecular weight excluding hydrogens is 639 g/mol. The number of rotatable bonds is 11. The van der Waals surface area contributed by atoms with Crippen LogP contribution < -0.4 is 20.3 Å². The Morgan fingerprint density at radius 2 is 1.75 bits per heavy atom. The Balaban J connectivity index is 1.41. The third-order valence-electron chi connectivity index (χ3n) is 9.68. The highest BCUT2D eigenvalue weighted by Crippen LogP contribution is 2.41. The summed E-state index contributed by atoms with van der Waals surface area (Å²) in [6.07, 6.45) is 5.62. The number of ketones is 1. The number of thiophene rings is 1. The molecule has 0 radical (unpaired) electrons. The lowest BCUT2D eigenvalue weighted by Crippen LogP contribution is -2.54. The van der Waals surface area contributed by atoms with Gasteiger partial charge < -0.3 is 24.7 Å². The third kappa shape index (κ3) is 7.90. The van der Waals surface area contributed by atoms with E-state index in [1.165, 1.54) is 18.3 Å². The van der Waals surface area contributed by atoms with Crippen LogP contribution in [0.5, 0.6) is 5.75 Å². The zero-order valence-electron chi connectivity index (χ0n) is 29.6. The van der Waals surface area contributed by atoms with E-state index in [-0.39, 0.29) is 29.3 Å². The summed E-state index contributed by atoms with van der Waals surface area (Å²) in [4.78, 5) is 37.6. The highest BCUT2D eigenvalue weighted by atomic mass is 32.1. The Hall–Kier alpha value is -3.80. The minimum Gasteiger partial charge on any atom is -0.497 e. The molecule has 2 N–H and O–H groups in total. The fraction of sp³-hybridized carbons (Fsp3) is 0.459. The summed E-state index contributed by atoms with van der Waals surface area (Å²) >= 11 is 1.46. The Morgan fingerprint density at radius 1 is 1.06 bits per heavy atom. The molecule has 9 nitrogen and oxygen atoms in total. The molecule has 1 unspecified atom stereocenters. The highest BCUT2D eigenvalue weighted by Gasteiger charge is 2.43. The van der Waals surface area contributed by atoms with E-state index in [2.05, 4.69) is 73.2 Å². The molecule has 1 saturated heterocycles. The van der Waals surface area contributed by atoms with E-state index in [0.29, 0.717) is 35.1 Å². The van der Waals surface area contributed by atoms with Crippen LogP contribution in [0.1, 0.15) is 63.0 Å². The summed E-state index contributed by atoms with van der Waals surface area (Å²) in [5.74, 6) is 1.23. The van der Waals surface area contributed by atoms with Crippen molar-refractivity contribution in [3.05, 3.63) is 71.7 Å². The van der Waals surface area contributed by atoms with Crippen molar-refractivity contribution in [2.45, 2.75) is 78.7 Å². The van der Waals surface area contributed by atoms with Crippen molar-refractivity contribution in [2.24, 2.45) is 11.8 Å². The van der Waals surface area contributed by atoms with Crippen LogP contribution in [-0.2, 0) is 22.2 Å². The average Bonchev–Trinajstić information content (AvgIpc) is 3.39. The number of fused-ring (bicyclic) bond motifs is 1. The zero-order valence-corrected chi connectivity index (χ0v) is 31.5. The van der Waals surface area contributed by atoms with Gasteiger partial charge in [-0.05, 0) is 59.8 Å². The van der Waals surface area contributed by atoms with Gasteiger partial charge in [-0.25, -0.2) is 0 Å². The summed E-state index contributed by atoms with van der Waals surface area (Å²) in [7, 11) is -0.279. The maximum atomic E-state index is 14.3. The van der Waals surface area contributed by atoms with Gasteiger partial charge in [0.05, 0.1) is 40.9 Å². The minimum atomic E-state index is -1.92. The molecule has 48 heavy (non-hydrogen) atoms.